The molecule has 2 aromatic rings. The van der Waals surface area contributed by atoms with E-state index in [1.807, 2.05) is 35.7 Å². The van der Waals surface area contributed by atoms with Gasteiger partial charge in [0.2, 0.25) is 5.91 Å². The summed E-state index contributed by atoms with van der Waals surface area (Å²) in [5.74, 6) is -0.241. The molecular formula is C18H22N4O2S. The number of piperidine rings is 1. The van der Waals surface area contributed by atoms with E-state index in [2.05, 4.69) is 15.6 Å². The van der Waals surface area contributed by atoms with E-state index in [1.165, 1.54) is 16.9 Å². The van der Waals surface area contributed by atoms with Crippen LogP contribution >= 0.6 is 11.3 Å². The lowest BCUT2D eigenvalue weighted by atomic mass is 9.97. The summed E-state index contributed by atoms with van der Waals surface area (Å²) in [6.45, 7) is 1.74. The number of nitrogens with one attached hydrogen (secondary N) is 2. The van der Waals surface area contributed by atoms with Crippen molar-refractivity contribution in [1.29, 1.82) is 0 Å². The smallest absolute Gasteiger partial charge is 0.317 e. The topological polar surface area (TPSA) is 74.3 Å². The van der Waals surface area contributed by atoms with Crippen LogP contribution in [0.3, 0.4) is 0 Å². The number of rotatable bonds is 5. The van der Waals surface area contributed by atoms with Crippen molar-refractivity contribution < 1.29 is 9.59 Å². The van der Waals surface area contributed by atoms with Gasteiger partial charge in [0.1, 0.15) is 0 Å². The number of hydrogen-bond acceptors (Lipinski definition) is 4. The Morgan fingerprint density at radius 2 is 2.12 bits per heavy atom. The van der Waals surface area contributed by atoms with Gasteiger partial charge in [-0.1, -0.05) is 30.3 Å². The molecule has 6 nitrogen and oxygen atoms in total. The fourth-order valence-electron chi connectivity index (χ4n) is 2.94. The lowest BCUT2D eigenvalue weighted by Gasteiger charge is -2.31. The number of thiazole rings is 1. The molecule has 0 spiro atoms. The normalized spacial score (nSPS) is 17.1. The number of amides is 3. The first kappa shape index (κ1) is 17.4. The molecule has 1 aromatic carbocycles. The third kappa shape index (κ3) is 5.03. The van der Waals surface area contributed by atoms with E-state index in [1.54, 1.807) is 11.1 Å². The van der Waals surface area contributed by atoms with Crippen LogP contribution < -0.4 is 10.6 Å². The average Bonchev–Trinajstić information content (AvgIpc) is 3.15. The molecule has 7 heteroatoms. The molecule has 25 heavy (non-hydrogen) atoms. The van der Waals surface area contributed by atoms with Crippen molar-refractivity contribution in [2.75, 3.05) is 25.0 Å². The van der Waals surface area contributed by atoms with Gasteiger partial charge >= 0.3 is 6.03 Å². The van der Waals surface area contributed by atoms with Gasteiger partial charge in [-0.2, -0.15) is 0 Å². The van der Waals surface area contributed by atoms with Crippen molar-refractivity contribution in [3.8, 4) is 0 Å². The maximum Gasteiger partial charge on any atom is 0.317 e. The third-order valence-electron chi connectivity index (χ3n) is 4.27. The van der Waals surface area contributed by atoms with Crippen LogP contribution in [0.25, 0.3) is 0 Å². The van der Waals surface area contributed by atoms with E-state index in [0.29, 0.717) is 24.8 Å². The van der Waals surface area contributed by atoms with Crippen LogP contribution in [0.15, 0.2) is 41.9 Å². The van der Waals surface area contributed by atoms with Gasteiger partial charge < -0.3 is 15.5 Å². The van der Waals surface area contributed by atoms with Crippen molar-refractivity contribution in [2.45, 2.75) is 19.3 Å². The minimum Gasteiger partial charge on any atom is -0.338 e. The summed E-state index contributed by atoms with van der Waals surface area (Å²) in [4.78, 5) is 30.5. The van der Waals surface area contributed by atoms with E-state index < -0.39 is 0 Å². The van der Waals surface area contributed by atoms with Crippen LogP contribution in [0.2, 0.25) is 0 Å². The predicted octanol–water partition coefficient (Wildman–Crippen LogP) is 2.75. The second-order valence-corrected chi connectivity index (χ2v) is 6.97. The number of carbonyl (C=O) groups is 2. The summed E-state index contributed by atoms with van der Waals surface area (Å²) in [5.41, 5.74) is 1.20. The van der Waals surface area contributed by atoms with Gasteiger partial charge in [-0.3, -0.25) is 4.79 Å². The van der Waals surface area contributed by atoms with Crippen molar-refractivity contribution in [3.63, 3.8) is 0 Å². The number of aromatic nitrogens is 1. The van der Waals surface area contributed by atoms with Gasteiger partial charge in [0, 0.05) is 31.2 Å². The van der Waals surface area contributed by atoms with Crippen molar-refractivity contribution >= 4 is 28.4 Å². The zero-order valence-electron chi connectivity index (χ0n) is 14.0. The van der Waals surface area contributed by atoms with E-state index in [4.69, 9.17) is 0 Å². The van der Waals surface area contributed by atoms with Crippen molar-refractivity contribution in [1.82, 2.24) is 15.2 Å². The van der Waals surface area contributed by atoms with Crippen molar-refractivity contribution in [3.05, 3.63) is 47.5 Å². The quantitative estimate of drug-likeness (QED) is 0.863. The molecule has 2 N–H and O–H groups in total. The molecule has 132 valence electrons. The standard InChI is InChI=1S/C18H22N4O2S/c23-16(21-17-19-10-12-25-17)15-7-4-11-22(13-15)18(24)20-9-8-14-5-2-1-3-6-14/h1-3,5-6,10,12,15H,4,7-9,11,13H2,(H,20,24)(H,19,21,23). The second kappa shape index (κ2) is 8.62. The molecule has 1 fully saturated rings. The van der Waals surface area contributed by atoms with E-state index in [9.17, 15) is 9.59 Å². The Morgan fingerprint density at radius 1 is 1.28 bits per heavy atom. The largest absolute Gasteiger partial charge is 0.338 e. The van der Waals surface area contributed by atoms with Crippen LogP contribution in [0.5, 0.6) is 0 Å². The summed E-state index contributed by atoms with van der Waals surface area (Å²) < 4.78 is 0. The molecular weight excluding hydrogens is 336 g/mol. The van der Waals surface area contributed by atoms with Crippen LogP contribution in [-0.4, -0.2) is 41.5 Å². The summed E-state index contributed by atoms with van der Waals surface area (Å²) in [5, 5.41) is 8.21. The van der Waals surface area contributed by atoms with Crippen molar-refractivity contribution in [2.24, 2.45) is 5.92 Å². The highest BCUT2D eigenvalue weighted by Crippen LogP contribution is 2.19. The molecule has 0 radical (unpaired) electrons. The van der Waals surface area contributed by atoms with E-state index >= 15 is 0 Å². The van der Waals surface area contributed by atoms with E-state index in [0.717, 1.165) is 19.3 Å². The molecule has 0 saturated carbocycles. The van der Waals surface area contributed by atoms with Crippen LogP contribution in [0.4, 0.5) is 9.93 Å². The monoisotopic (exact) mass is 358 g/mol. The number of likely N-dealkylation sites (tertiary alicyclic amines) is 1. The Balaban J connectivity index is 1.45. The molecule has 1 atom stereocenters. The minimum absolute atomic E-state index is 0.0586. The number of carbonyl (C=O) groups excluding carboxylic acids is 2. The van der Waals surface area contributed by atoms with Crippen LogP contribution in [0, 0.1) is 5.92 Å². The van der Waals surface area contributed by atoms with Gasteiger partial charge in [-0.05, 0) is 24.8 Å². The van der Waals surface area contributed by atoms with Gasteiger partial charge in [0.15, 0.2) is 5.13 Å². The SMILES string of the molecule is O=C(Nc1nccs1)C1CCCN(C(=O)NCCc2ccccc2)C1. The lowest BCUT2D eigenvalue weighted by Crippen LogP contribution is -2.48. The number of hydrogen-bond donors (Lipinski definition) is 2. The molecule has 1 aliphatic heterocycles. The van der Waals surface area contributed by atoms with E-state index in [-0.39, 0.29) is 17.9 Å². The number of nitrogens with zero attached hydrogens (tertiary/aromatic N) is 2. The number of urea groups is 1. The molecule has 2 heterocycles. The molecule has 1 aromatic heterocycles. The maximum atomic E-state index is 12.3. The summed E-state index contributed by atoms with van der Waals surface area (Å²) >= 11 is 1.40. The maximum absolute atomic E-state index is 12.3. The highest BCUT2D eigenvalue weighted by Gasteiger charge is 2.28. The zero-order chi connectivity index (χ0) is 17.5. The average molecular weight is 358 g/mol. The lowest BCUT2D eigenvalue weighted by molar-refractivity contribution is -0.121. The Hall–Kier alpha value is -2.41. The fraction of sp³-hybridized carbons (Fsp3) is 0.389. The fourth-order valence-corrected chi connectivity index (χ4v) is 3.47. The minimum atomic E-state index is -0.183. The first-order valence-corrected chi connectivity index (χ1v) is 9.37. The molecule has 3 amide bonds. The zero-order valence-corrected chi connectivity index (χ0v) is 14.8. The van der Waals surface area contributed by atoms with Crippen LogP contribution in [0.1, 0.15) is 18.4 Å². The second-order valence-electron chi connectivity index (χ2n) is 6.08. The Labute approximate surface area is 151 Å². The summed E-state index contributed by atoms with van der Waals surface area (Å²) in [6, 6.07) is 9.97. The highest BCUT2D eigenvalue weighted by atomic mass is 32.1. The highest BCUT2D eigenvalue weighted by molar-refractivity contribution is 7.13. The molecule has 1 saturated heterocycles. The van der Waals surface area contributed by atoms with Gasteiger partial charge in [-0.15, -0.1) is 11.3 Å². The summed E-state index contributed by atoms with van der Waals surface area (Å²) in [6.07, 6.45) is 4.09. The molecule has 3 rings (SSSR count). The Morgan fingerprint density at radius 3 is 2.88 bits per heavy atom. The predicted molar refractivity (Wildman–Crippen MR) is 98.6 cm³/mol. The number of benzene rings is 1. The summed E-state index contributed by atoms with van der Waals surface area (Å²) in [7, 11) is 0. The van der Waals surface area contributed by atoms with Gasteiger partial charge in [-0.25, -0.2) is 9.78 Å². The third-order valence-corrected chi connectivity index (χ3v) is 4.96. The molecule has 0 aliphatic carbocycles. The number of anilines is 1. The first-order chi connectivity index (χ1) is 12.2. The molecule has 1 aliphatic rings. The molecule has 0 bridgehead atoms. The first-order valence-electron chi connectivity index (χ1n) is 8.49. The van der Waals surface area contributed by atoms with Crippen LogP contribution in [-0.2, 0) is 11.2 Å². The van der Waals surface area contributed by atoms with Gasteiger partial charge in [0.05, 0.1) is 5.92 Å². The molecule has 1 unspecified atom stereocenters. The van der Waals surface area contributed by atoms with Gasteiger partial charge in [0.25, 0.3) is 0 Å². The Bertz CT molecular complexity index is 690. The Kier molecular flexibility index (Phi) is 6.00.